The molecule has 2 aliphatic rings. The second-order valence-corrected chi connectivity index (χ2v) is 7.95. The number of rotatable bonds is 2. The molecule has 2 bridgehead atoms. The minimum Gasteiger partial charge on any atom is -0.345 e. The van der Waals surface area contributed by atoms with Gasteiger partial charge in [0.1, 0.15) is 0 Å². The predicted molar refractivity (Wildman–Crippen MR) is 78.6 cm³/mol. The number of nitrogens with two attached hydrogens (primary N) is 1. The maximum absolute atomic E-state index is 12.6. The van der Waals surface area contributed by atoms with E-state index in [2.05, 4.69) is 20.8 Å². The molecule has 0 aromatic rings. The van der Waals surface area contributed by atoms with Crippen molar-refractivity contribution in [1.29, 1.82) is 0 Å². The molecule has 0 saturated heterocycles. The molecule has 3 nitrogen and oxygen atoms in total. The summed E-state index contributed by atoms with van der Waals surface area (Å²) in [5.41, 5.74) is 6.47. The minimum atomic E-state index is 0.172. The van der Waals surface area contributed by atoms with Crippen molar-refractivity contribution in [2.75, 3.05) is 13.6 Å². The van der Waals surface area contributed by atoms with Gasteiger partial charge < -0.3 is 10.6 Å². The van der Waals surface area contributed by atoms with Crippen LogP contribution in [0.2, 0.25) is 0 Å². The Hall–Kier alpha value is -0.570. The zero-order valence-corrected chi connectivity index (χ0v) is 13.0. The number of carbonyl (C=O) groups excluding carboxylic acids is 1. The van der Waals surface area contributed by atoms with Crippen LogP contribution in [0.5, 0.6) is 0 Å². The average Bonchev–Trinajstić information content (AvgIpc) is 2.25. The van der Waals surface area contributed by atoms with Crippen LogP contribution in [0.4, 0.5) is 0 Å². The summed E-state index contributed by atoms with van der Waals surface area (Å²) in [6.07, 6.45) is 5.80. The van der Waals surface area contributed by atoms with E-state index < -0.39 is 0 Å². The molecule has 19 heavy (non-hydrogen) atoms. The highest BCUT2D eigenvalue weighted by Gasteiger charge is 2.41. The van der Waals surface area contributed by atoms with Crippen molar-refractivity contribution in [2.24, 2.45) is 28.9 Å². The molecule has 2 atom stereocenters. The van der Waals surface area contributed by atoms with Crippen molar-refractivity contribution >= 4 is 5.91 Å². The average molecular weight is 266 g/mol. The second-order valence-electron chi connectivity index (χ2n) is 7.95. The number of hydrogen-bond acceptors (Lipinski definition) is 2. The van der Waals surface area contributed by atoms with Gasteiger partial charge in [0.05, 0.1) is 0 Å². The summed E-state index contributed by atoms with van der Waals surface area (Å²) in [5, 5.41) is 0. The summed E-state index contributed by atoms with van der Waals surface area (Å²) in [6, 6.07) is 0.353. The van der Waals surface area contributed by atoms with E-state index in [1.54, 1.807) is 0 Å². The monoisotopic (exact) mass is 266 g/mol. The molecule has 2 rings (SSSR count). The zero-order valence-electron chi connectivity index (χ0n) is 13.0. The highest BCUT2D eigenvalue weighted by atomic mass is 16.2. The van der Waals surface area contributed by atoms with Crippen LogP contribution < -0.4 is 5.73 Å². The summed E-state index contributed by atoms with van der Waals surface area (Å²) in [4.78, 5) is 14.5. The molecule has 0 aromatic carbocycles. The van der Waals surface area contributed by atoms with E-state index in [-0.39, 0.29) is 11.3 Å². The number of nitrogens with zero attached hydrogens (tertiary/aromatic N) is 1. The standard InChI is InChI=1S/C16H30N2O/c1-16(2,3)10-18(4)15(19)13-8-11-6-5-7-12(9-13)14(11)17/h11-14H,5-10,17H2,1-4H3. The zero-order chi connectivity index (χ0) is 14.2. The number of hydrogen-bond donors (Lipinski definition) is 1. The van der Waals surface area contributed by atoms with Crippen molar-refractivity contribution in [1.82, 2.24) is 4.90 Å². The van der Waals surface area contributed by atoms with Crippen LogP contribution in [-0.2, 0) is 4.79 Å². The van der Waals surface area contributed by atoms with Gasteiger partial charge in [-0.2, -0.15) is 0 Å². The summed E-state index contributed by atoms with van der Waals surface area (Å²) >= 11 is 0. The van der Waals surface area contributed by atoms with E-state index in [0.29, 0.717) is 23.8 Å². The first-order valence-corrected chi connectivity index (χ1v) is 7.78. The van der Waals surface area contributed by atoms with E-state index in [1.165, 1.54) is 19.3 Å². The van der Waals surface area contributed by atoms with Gasteiger partial charge in [-0.1, -0.05) is 27.2 Å². The van der Waals surface area contributed by atoms with Crippen LogP contribution in [0.3, 0.4) is 0 Å². The number of amides is 1. The molecule has 110 valence electrons. The Morgan fingerprint density at radius 2 is 1.74 bits per heavy atom. The van der Waals surface area contributed by atoms with Crippen LogP contribution in [0.15, 0.2) is 0 Å². The molecule has 0 heterocycles. The fraction of sp³-hybridized carbons (Fsp3) is 0.938. The van der Waals surface area contributed by atoms with Crippen molar-refractivity contribution in [3.63, 3.8) is 0 Å². The van der Waals surface area contributed by atoms with Crippen molar-refractivity contribution in [3.05, 3.63) is 0 Å². The molecule has 3 heteroatoms. The lowest BCUT2D eigenvalue weighted by molar-refractivity contribution is -0.138. The maximum atomic E-state index is 12.6. The van der Waals surface area contributed by atoms with Gasteiger partial charge in [0.2, 0.25) is 5.91 Å². The van der Waals surface area contributed by atoms with Crippen molar-refractivity contribution in [3.8, 4) is 0 Å². The molecule has 0 aromatic heterocycles. The molecule has 2 N–H and O–H groups in total. The SMILES string of the molecule is CN(CC(C)(C)C)C(=O)C1CC2CCCC(C1)C2N. The van der Waals surface area contributed by atoms with E-state index in [1.807, 2.05) is 11.9 Å². The van der Waals surface area contributed by atoms with Gasteiger partial charge in [0.25, 0.3) is 0 Å². The van der Waals surface area contributed by atoms with Gasteiger partial charge >= 0.3 is 0 Å². The van der Waals surface area contributed by atoms with Gasteiger partial charge in [-0.25, -0.2) is 0 Å². The lowest BCUT2D eigenvalue weighted by Crippen LogP contribution is -2.49. The first-order valence-electron chi connectivity index (χ1n) is 7.78. The van der Waals surface area contributed by atoms with Gasteiger partial charge in [0.15, 0.2) is 0 Å². The molecular formula is C16H30N2O. The molecule has 1 amide bonds. The molecule has 2 saturated carbocycles. The highest BCUT2D eigenvalue weighted by molar-refractivity contribution is 5.78. The first-order chi connectivity index (χ1) is 8.78. The summed E-state index contributed by atoms with van der Waals surface area (Å²) in [7, 11) is 1.96. The van der Waals surface area contributed by atoms with Crippen LogP contribution in [0.1, 0.15) is 52.9 Å². The van der Waals surface area contributed by atoms with Gasteiger partial charge in [-0.3, -0.25) is 4.79 Å². The topological polar surface area (TPSA) is 46.3 Å². The van der Waals surface area contributed by atoms with Crippen LogP contribution in [0, 0.1) is 23.2 Å². The van der Waals surface area contributed by atoms with Crippen LogP contribution >= 0.6 is 0 Å². The number of carbonyl (C=O) groups is 1. The molecular weight excluding hydrogens is 236 g/mol. The Bertz CT molecular complexity index is 320. The highest BCUT2D eigenvalue weighted by Crippen LogP contribution is 2.42. The molecule has 0 radical (unpaired) electrons. The van der Waals surface area contributed by atoms with E-state index >= 15 is 0 Å². The van der Waals surface area contributed by atoms with E-state index in [0.717, 1.165) is 19.4 Å². The van der Waals surface area contributed by atoms with Gasteiger partial charge in [0, 0.05) is 25.6 Å². The summed E-state index contributed by atoms with van der Waals surface area (Å²) in [6.45, 7) is 7.39. The van der Waals surface area contributed by atoms with Gasteiger partial charge in [-0.05, 0) is 42.9 Å². The second kappa shape index (κ2) is 5.43. The third-order valence-corrected chi connectivity index (χ3v) is 4.85. The van der Waals surface area contributed by atoms with Crippen LogP contribution in [0.25, 0.3) is 0 Å². The molecule has 0 spiro atoms. The quantitative estimate of drug-likeness (QED) is 0.835. The minimum absolute atomic E-state index is 0.172. The molecule has 2 fully saturated rings. The summed E-state index contributed by atoms with van der Waals surface area (Å²) < 4.78 is 0. The third kappa shape index (κ3) is 3.50. The Morgan fingerprint density at radius 3 is 2.21 bits per heavy atom. The summed E-state index contributed by atoms with van der Waals surface area (Å²) in [5.74, 6) is 1.75. The Balaban J connectivity index is 1.97. The largest absolute Gasteiger partial charge is 0.345 e. The lowest BCUT2D eigenvalue weighted by atomic mass is 9.65. The molecule has 2 unspecified atom stereocenters. The fourth-order valence-electron chi connectivity index (χ4n) is 4.09. The lowest BCUT2D eigenvalue weighted by Gasteiger charge is -2.44. The Labute approximate surface area is 117 Å². The first kappa shape index (κ1) is 14.8. The Morgan fingerprint density at radius 1 is 1.21 bits per heavy atom. The van der Waals surface area contributed by atoms with Crippen molar-refractivity contribution in [2.45, 2.75) is 58.9 Å². The Kier molecular flexibility index (Phi) is 4.24. The normalized spacial score (nSPS) is 35.0. The van der Waals surface area contributed by atoms with E-state index in [4.69, 9.17) is 5.73 Å². The maximum Gasteiger partial charge on any atom is 0.225 e. The third-order valence-electron chi connectivity index (χ3n) is 4.85. The smallest absolute Gasteiger partial charge is 0.225 e. The van der Waals surface area contributed by atoms with E-state index in [9.17, 15) is 4.79 Å². The van der Waals surface area contributed by atoms with Gasteiger partial charge in [-0.15, -0.1) is 0 Å². The fourth-order valence-corrected chi connectivity index (χ4v) is 4.09. The predicted octanol–water partition coefficient (Wildman–Crippen LogP) is 2.64. The molecule has 2 aliphatic carbocycles. The van der Waals surface area contributed by atoms with Crippen molar-refractivity contribution < 1.29 is 4.79 Å². The number of fused-ring (bicyclic) bond motifs is 2. The van der Waals surface area contributed by atoms with Crippen LogP contribution in [-0.4, -0.2) is 30.4 Å². The molecule has 0 aliphatic heterocycles.